The van der Waals surface area contributed by atoms with Crippen molar-refractivity contribution in [2.24, 2.45) is 0 Å². The minimum atomic E-state index is 0.833. The maximum atomic E-state index is 3.97. The first kappa shape index (κ1) is 10.1. The fourth-order valence-corrected chi connectivity index (χ4v) is 2.61. The lowest BCUT2D eigenvalue weighted by Crippen LogP contribution is -2.01. The van der Waals surface area contributed by atoms with Crippen LogP contribution in [0.4, 0.5) is 5.13 Å². The van der Waals surface area contributed by atoms with E-state index in [9.17, 15) is 0 Å². The molecule has 76 valence electrons. The molecule has 3 nitrogen and oxygen atoms in total. The zero-order chi connectivity index (χ0) is 9.80. The molecule has 14 heavy (non-hydrogen) atoms. The Balaban J connectivity index is 1.72. The molecule has 1 aromatic rings. The second-order valence-corrected chi connectivity index (χ2v) is 5.55. The summed E-state index contributed by atoms with van der Waals surface area (Å²) in [5, 5.41) is 12.0. The summed E-state index contributed by atoms with van der Waals surface area (Å²) in [6.45, 7) is 0.966. The first-order chi connectivity index (χ1) is 6.84. The molecule has 0 atom stereocenters. The Morgan fingerprint density at radius 2 is 2.43 bits per heavy atom. The molecular formula is C9H12BrN3S. The van der Waals surface area contributed by atoms with Crippen LogP contribution < -0.4 is 5.32 Å². The molecule has 1 aromatic heterocycles. The second kappa shape index (κ2) is 4.89. The molecule has 2 rings (SSSR count). The molecular weight excluding hydrogens is 262 g/mol. The first-order valence-electron chi connectivity index (χ1n) is 4.75. The van der Waals surface area contributed by atoms with Gasteiger partial charge < -0.3 is 5.32 Å². The number of hydrogen-bond acceptors (Lipinski definition) is 4. The van der Waals surface area contributed by atoms with Crippen molar-refractivity contribution in [3.63, 3.8) is 0 Å². The predicted molar refractivity (Wildman–Crippen MR) is 62.6 cm³/mol. The number of rotatable bonds is 4. The van der Waals surface area contributed by atoms with Gasteiger partial charge >= 0.3 is 0 Å². The average Bonchev–Trinajstić information content (AvgIpc) is 2.77. The number of nitrogens with one attached hydrogen (secondary N) is 1. The van der Waals surface area contributed by atoms with Crippen molar-refractivity contribution in [1.29, 1.82) is 0 Å². The van der Waals surface area contributed by atoms with Gasteiger partial charge in [-0.25, -0.2) is 0 Å². The van der Waals surface area contributed by atoms with E-state index in [1.807, 2.05) is 0 Å². The van der Waals surface area contributed by atoms with Gasteiger partial charge in [-0.1, -0.05) is 23.0 Å². The Kier molecular flexibility index (Phi) is 3.53. The van der Waals surface area contributed by atoms with Gasteiger partial charge in [0, 0.05) is 6.54 Å². The van der Waals surface area contributed by atoms with Gasteiger partial charge in [0.1, 0.15) is 0 Å². The molecule has 0 aromatic carbocycles. The quantitative estimate of drug-likeness (QED) is 0.857. The number of anilines is 1. The molecule has 0 aliphatic heterocycles. The minimum absolute atomic E-state index is 0.833. The Morgan fingerprint density at radius 3 is 3.07 bits per heavy atom. The lowest BCUT2D eigenvalue weighted by atomic mass is 10.2. The van der Waals surface area contributed by atoms with E-state index in [1.165, 1.54) is 30.6 Å². The van der Waals surface area contributed by atoms with Crippen LogP contribution in [0.2, 0.25) is 0 Å². The molecule has 1 N–H and O–H groups in total. The third kappa shape index (κ3) is 2.78. The molecule has 0 saturated carbocycles. The molecule has 0 spiro atoms. The van der Waals surface area contributed by atoms with E-state index in [2.05, 4.69) is 37.5 Å². The van der Waals surface area contributed by atoms with Crippen molar-refractivity contribution in [3.05, 3.63) is 15.6 Å². The number of allylic oxidation sites excluding steroid dienone is 1. The zero-order valence-electron chi connectivity index (χ0n) is 7.79. The molecule has 0 bridgehead atoms. The van der Waals surface area contributed by atoms with Gasteiger partial charge in [-0.15, -0.1) is 10.2 Å². The highest BCUT2D eigenvalue weighted by Gasteiger charge is 2.04. The normalized spacial score (nSPS) is 15.6. The Morgan fingerprint density at radius 1 is 1.50 bits per heavy atom. The maximum Gasteiger partial charge on any atom is 0.206 e. The van der Waals surface area contributed by atoms with E-state index in [1.54, 1.807) is 5.57 Å². The third-order valence-corrected chi connectivity index (χ3v) is 3.57. The van der Waals surface area contributed by atoms with Crippen molar-refractivity contribution < 1.29 is 0 Å². The first-order valence-corrected chi connectivity index (χ1v) is 6.36. The molecule has 5 heteroatoms. The van der Waals surface area contributed by atoms with E-state index in [4.69, 9.17) is 0 Å². The Hall–Kier alpha value is -0.420. The molecule has 0 unspecified atom stereocenters. The molecule has 0 amide bonds. The van der Waals surface area contributed by atoms with Crippen LogP contribution in [0.25, 0.3) is 0 Å². The highest BCUT2D eigenvalue weighted by molar-refractivity contribution is 9.11. The molecule has 0 fully saturated rings. The highest BCUT2D eigenvalue weighted by Crippen LogP contribution is 2.22. The van der Waals surface area contributed by atoms with Crippen LogP contribution in [-0.2, 0) is 0 Å². The van der Waals surface area contributed by atoms with Gasteiger partial charge in [0.15, 0.2) is 3.92 Å². The standard InChI is InChI=1S/C9H12BrN3S/c10-8-12-13-9(14-8)11-6-5-7-3-1-2-4-7/h3H,1-2,4-6H2,(H,11,13). The summed E-state index contributed by atoms with van der Waals surface area (Å²) in [4.78, 5) is 0. The minimum Gasteiger partial charge on any atom is -0.360 e. The average molecular weight is 274 g/mol. The summed E-state index contributed by atoms with van der Waals surface area (Å²) in [5.74, 6) is 0. The highest BCUT2D eigenvalue weighted by atomic mass is 79.9. The van der Waals surface area contributed by atoms with E-state index >= 15 is 0 Å². The van der Waals surface area contributed by atoms with E-state index < -0.39 is 0 Å². The Labute approximate surface area is 95.8 Å². The van der Waals surface area contributed by atoms with E-state index in [0.29, 0.717) is 0 Å². The Bertz CT molecular complexity index is 335. The van der Waals surface area contributed by atoms with Crippen LogP contribution >= 0.6 is 27.3 Å². The number of aromatic nitrogens is 2. The largest absolute Gasteiger partial charge is 0.360 e. The van der Waals surface area contributed by atoms with Crippen LogP contribution in [0, 0.1) is 0 Å². The smallest absolute Gasteiger partial charge is 0.206 e. The van der Waals surface area contributed by atoms with Gasteiger partial charge in [-0.2, -0.15) is 0 Å². The molecule has 1 aliphatic carbocycles. The fraction of sp³-hybridized carbons (Fsp3) is 0.556. The van der Waals surface area contributed by atoms with Gasteiger partial charge in [0.05, 0.1) is 0 Å². The van der Waals surface area contributed by atoms with Gasteiger partial charge in [-0.05, 0) is 41.6 Å². The molecule has 1 aliphatic rings. The van der Waals surface area contributed by atoms with Crippen molar-refractivity contribution in [2.75, 3.05) is 11.9 Å². The fourth-order valence-electron chi connectivity index (χ4n) is 1.57. The third-order valence-electron chi connectivity index (χ3n) is 2.26. The second-order valence-electron chi connectivity index (χ2n) is 3.29. The predicted octanol–water partition coefficient (Wildman–Crippen LogP) is 3.21. The van der Waals surface area contributed by atoms with Crippen LogP contribution in [0.5, 0.6) is 0 Å². The van der Waals surface area contributed by atoms with Crippen LogP contribution in [0.1, 0.15) is 25.7 Å². The SMILES string of the molecule is Brc1nnc(NCCC2=CCCC2)s1. The summed E-state index contributed by atoms with van der Waals surface area (Å²) >= 11 is 4.82. The molecule has 0 radical (unpaired) electrons. The van der Waals surface area contributed by atoms with E-state index in [0.717, 1.165) is 22.0 Å². The number of hydrogen-bond donors (Lipinski definition) is 1. The topological polar surface area (TPSA) is 37.8 Å². The lowest BCUT2D eigenvalue weighted by molar-refractivity contribution is 0.862. The van der Waals surface area contributed by atoms with Crippen LogP contribution in [0.3, 0.4) is 0 Å². The molecule has 1 heterocycles. The zero-order valence-corrected chi connectivity index (χ0v) is 10.2. The van der Waals surface area contributed by atoms with Gasteiger partial charge in [0.25, 0.3) is 0 Å². The van der Waals surface area contributed by atoms with Gasteiger partial charge in [0.2, 0.25) is 5.13 Å². The maximum absolute atomic E-state index is 3.97. The lowest BCUT2D eigenvalue weighted by Gasteiger charge is -2.02. The van der Waals surface area contributed by atoms with E-state index in [-0.39, 0.29) is 0 Å². The van der Waals surface area contributed by atoms with Crippen LogP contribution in [0.15, 0.2) is 15.6 Å². The van der Waals surface area contributed by atoms with Crippen molar-refractivity contribution >= 4 is 32.4 Å². The summed E-state index contributed by atoms with van der Waals surface area (Å²) in [6, 6.07) is 0. The number of halogens is 1. The van der Waals surface area contributed by atoms with Crippen molar-refractivity contribution in [3.8, 4) is 0 Å². The number of nitrogens with zero attached hydrogens (tertiary/aromatic N) is 2. The monoisotopic (exact) mass is 273 g/mol. The summed E-state index contributed by atoms with van der Waals surface area (Å²) in [7, 11) is 0. The van der Waals surface area contributed by atoms with Crippen molar-refractivity contribution in [1.82, 2.24) is 10.2 Å². The van der Waals surface area contributed by atoms with Crippen LogP contribution in [-0.4, -0.2) is 16.7 Å². The van der Waals surface area contributed by atoms with Gasteiger partial charge in [-0.3, -0.25) is 0 Å². The summed E-state index contributed by atoms with van der Waals surface area (Å²) in [6.07, 6.45) is 7.37. The van der Waals surface area contributed by atoms with Crippen molar-refractivity contribution in [2.45, 2.75) is 25.7 Å². The summed E-state index contributed by atoms with van der Waals surface area (Å²) < 4.78 is 0.833. The molecule has 0 saturated heterocycles. The summed E-state index contributed by atoms with van der Waals surface area (Å²) in [5.41, 5.74) is 1.58.